The molecule has 0 unspecified atom stereocenters. The summed E-state index contributed by atoms with van der Waals surface area (Å²) in [6.45, 7) is 1.78. The van der Waals surface area contributed by atoms with Crippen LogP contribution in [-0.4, -0.2) is 23.9 Å². The van der Waals surface area contributed by atoms with E-state index in [1.807, 2.05) is 0 Å². The van der Waals surface area contributed by atoms with Gasteiger partial charge in [0.2, 0.25) is 5.91 Å². The molecular formula is C18H18N2O6. The molecular weight excluding hydrogens is 340 g/mol. The second kappa shape index (κ2) is 8.61. The summed E-state index contributed by atoms with van der Waals surface area (Å²) in [7, 11) is 1.24. The normalized spacial score (nSPS) is 10.1. The van der Waals surface area contributed by atoms with Crippen molar-refractivity contribution in [3.63, 3.8) is 0 Å². The number of esters is 1. The Balaban J connectivity index is 2.19. The second-order valence-corrected chi connectivity index (χ2v) is 5.32. The number of carbonyl (C=O) groups is 2. The molecule has 2 aromatic carbocycles. The lowest BCUT2D eigenvalue weighted by atomic mass is 10.1. The number of ether oxygens (including phenoxy) is 2. The van der Waals surface area contributed by atoms with E-state index in [1.54, 1.807) is 31.2 Å². The van der Waals surface area contributed by atoms with Gasteiger partial charge in [-0.1, -0.05) is 19.1 Å². The Hall–Kier alpha value is -3.42. The summed E-state index contributed by atoms with van der Waals surface area (Å²) < 4.78 is 10.3. The predicted octanol–water partition coefficient (Wildman–Crippen LogP) is 3.31. The molecule has 0 aliphatic rings. The Bertz CT molecular complexity index is 834. The first-order chi connectivity index (χ1) is 12.4. The topological polar surface area (TPSA) is 108 Å². The molecule has 8 heteroatoms. The number of methoxy groups -OCH3 is 1. The Morgan fingerprint density at radius 2 is 1.96 bits per heavy atom. The van der Waals surface area contributed by atoms with E-state index in [4.69, 9.17) is 9.47 Å². The zero-order valence-corrected chi connectivity index (χ0v) is 14.4. The number of hydrogen-bond donors (Lipinski definition) is 1. The molecule has 0 aliphatic heterocycles. The van der Waals surface area contributed by atoms with Crippen molar-refractivity contribution in [1.29, 1.82) is 0 Å². The molecule has 2 aromatic rings. The van der Waals surface area contributed by atoms with Crippen LogP contribution in [0.15, 0.2) is 42.5 Å². The minimum absolute atomic E-state index is 0.0287. The smallest absolute Gasteiger partial charge is 0.340 e. The fourth-order valence-electron chi connectivity index (χ4n) is 2.17. The number of non-ortho nitro benzene ring substituents is 1. The number of carbonyl (C=O) groups excluding carboxylic acids is 2. The summed E-state index contributed by atoms with van der Waals surface area (Å²) in [6.07, 6.45) is 0.269. The maximum absolute atomic E-state index is 11.9. The standard InChI is InChI=1S/C18H18N2O6/c1-3-17(21)19-16-8-7-14(10-15(16)18(22)25-2)26-11-12-5-4-6-13(9-12)20(23)24/h4-10H,3,11H2,1-2H3,(H,19,21). The molecule has 1 N–H and O–H groups in total. The van der Waals surface area contributed by atoms with Crippen molar-refractivity contribution < 1.29 is 24.0 Å². The maximum Gasteiger partial charge on any atom is 0.340 e. The fourth-order valence-corrected chi connectivity index (χ4v) is 2.17. The minimum Gasteiger partial charge on any atom is -0.489 e. The molecule has 0 saturated carbocycles. The van der Waals surface area contributed by atoms with Gasteiger partial charge in [-0.2, -0.15) is 0 Å². The molecule has 0 atom stereocenters. The van der Waals surface area contributed by atoms with E-state index in [9.17, 15) is 19.7 Å². The van der Waals surface area contributed by atoms with Crippen LogP contribution in [0.2, 0.25) is 0 Å². The summed E-state index contributed by atoms with van der Waals surface area (Å²) in [5.41, 5.74) is 1.07. The highest BCUT2D eigenvalue weighted by atomic mass is 16.6. The summed E-state index contributed by atoms with van der Waals surface area (Å²) in [4.78, 5) is 33.9. The lowest BCUT2D eigenvalue weighted by Gasteiger charge is -2.12. The summed E-state index contributed by atoms with van der Waals surface area (Å²) in [6, 6.07) is 10.7. The highest BCUT2D eigenvalue weighted by Crippen LogP contribution is 2.24. The van der Waals surface area contributed by atoms with Crippen molar-refractivity contribution in [3.05, 3.63) is 63.7 Å². The first kappa shape index (κ1) is 18.9. The van der Waals surface area contributed by atoms with Crippen molar-refractivity contribution in [2.24, 2.45) is 0 Å². The summed E-state index contributed by atoms with van der Waals surface area (Å²) in [5.74, 6) is -0.482. The highest BCUT2D eigenvalue weighted by molar-refractivity contribution is 6.01. The predicted molar refractivity (Wildman–Crippen MR) is 94.1 cm³/mol. The molecule has 0 bridgehead atoms. The lowest BCUT2D eigenvalue weighted by Crippen LogP contribution is -2.14. The SMILES string of the molecule is CCC(=O)Nc1ccc(OCc2cccc([N+](=O)[O-])c2)cc1C(=O)OC. The van der Waals surface area contributed by atoms with Gasteiger partial charge in [0.1, 0.15) is 12.4 Å². The van der Waals surface area contributed by atoms with Crippen LogP contribution in [0.25, 0.3) is 0 Å². The van der Waals surface area contributed by atoms with Crippen LogP contribution >= 0.6 is 0 Å². The zero-order valence-electron chi connectivity index (χ0n) is 14.4. The van der Waals surface area contributed by atoms with Gasteiger partial charge in [0.05, 0.1) is 23.3 Å². The lowest BCUT2D eigenvalue weighted by molar-refractivity contribution is -0.384. The van der Waals surface area contributed by atoms with Crippen LogP contribution in [0.4, 0.5) is 11.4 Å². The Labute approximate surface area is 149 Å². The van der Waals surface area contributed by atoms with Crippen molar-refractivity contribution in [1.82, 2.24) is 0 Å². The number of nitrogens with zero attached hydrogens (tertiary/aromatic N) is 1. The molecule has 0 heterocycles. The van der Waals surface area contributed by atoms with Crippen molar-refractivity contribution in [3.8, 4) is 5.75 Å². The van der Waals surface area contributed by atoms with E-state index < -0.39 is 10.9 Å². The van der Waals surface area contributed by atoms with Gasteiger partial charge < -0.3 is 14.8 Å². The first-order valence-electron chi connectivity index (χ1n) is 7.83. The van der Waals surface area contributed by atoms with Crippen molar-refractivity contribution in [2.75, 3.05) is 12.4 Å². The zero-order chi connectivity index (χ0) is 19.1. The highest BCUT2D eigenvalue weighted by Gasteiger charge is 2.15. The molecule has 26 heavy (non-hydrogen) atoms. The van der Waals surface area contributed by atoms with Crippen LogP contribution < -0.4 is 10.1 Å². The minimum atomic E-state index is -0.614. The van der Waals surface area contributed by atoms with Crippen molar-refractivity contribution >= 4 is 23.3 Å². The van der Waals surface area contributed by atoms with Gasteiger partial charge in [-0.25, -0.2) is 4.79 Å². The van der Waals surface area contributed by atoms with E-state index in [2.05, 4.69) is 5.32 Å². The number of anilines is 1. The molecule has 8 nitrogen and oxygen atoms in total. The number of nitro groups is 1. The maximum atomic E-state index is 11.9. The van der Waals surface area contributed by atoms with E-state index in [0.29, 0.717) is 17.0 Å². The Morgan fingerprint density at radius 3 is 2.62 bits per heavy atom. The molecule has 1 amide bonds. The second-order valence-electron chi connectivity index (χ2n) is 5.32. The van der Waals surface area contributed by atoms with Crippen LogP contribution in [0.3, 0.4) is 0 Å². The van der Waals surface area contributed by atoms with Gasteiger partial charge in [-0.05, 0) is 23.8 Å². The van der Waals surface area contributed by atoms with Gasteiger partial charge in [0.25, 0.3) is 5.69 Å². The average molecular weight is 358 g/mol. The number of nitro benzene ring substituents is 1. The van der Waals surface area contributed by atoms with Crippen molar-refractivity contribution in [2.45, 2.75) is 20.0 Å². The molecule has 0 aliphatic carbocycles. The molecule has 0 spiro atoms. The number of amides is 1. The number of nitrogens with one attached hydrogen (secondary N) is 1. The van der Waals surface area contributed by atoms with Crippen LogP contribution in [0.1, 0.15) is 29.3 Å². The number of benzene rings is 2. The monoisotopic (exact) mass is 358 g/mol. The Kier molecular flexibility index (Phi) is 6.26. The third kappa shape index (κ3) is 4.79. The quantitative estimate of drug-likeness (QED) is 0.462. The molecule has 2 rings (SSSR count). The molecule has 0 fully saturated rings. The summed E-state index contributed by atoms with van der Waals surface area (Å²) in [5, 5.41) is 13.4. The Morgan fingerprint density at radius 1 is 1.19 bits per heavy atom. The average Bonchev–Trinajstić information content (AvgIpc) is 2.66. The van der Waals surface area contributed by atoms with Gasteiger partial charge in [-0.3, -0.25) is 14.9 Å². The molecule has 0 radical (unpaired) electrons. The third-order valence-corrected chi connectivity index (χ3v) is 3.52. The molecule has 136 valence electrons. The van der Waals surface area contributed by atoms with E-state index >= 15 is 0 Å². The van der Waals surface area contributed by atoms with Gasteiger partial charge in [0.15, 0.2) is 0 Å². The van der Waals surface area contributed by atoms with E-state index in [1.165, 1.54) is 25.3 Å². The van der Waals surface area contributed by atoms with Gasteiger partial charge in [-0.15, -0.1) is 0 Å². The van der Waals surface area contributed by atoms with Crippen LogP contribution in [0.5, 0.6) is 5.75 Å². The van der Waals surface area contributed by atoms with E-state index in [-0.39, 0.29) is 30.2 Å². The fraction of sp³-hybridized carbons (Fsp3) is 0.222. The first-order valence-corrected chi connectivity index (χ1v) is 7.83. The molecule has 0 aromatic heterocycles. The van der Waals surface area contributed by atoms with Crippen LogP contribution in [-0.2, 0) is 16.1 Å². The molecule has 0 saturated heterocycles. The number of rotatable bonds is 7. The third-order valence-electron chi connectivity index (χ3n) is 3.52. The summed E-state index contributed by atoms with van der Waals surface area (Å²) >= 11 is 0. The van der Waals surface area contributed by atoms with Gasteiger partial charge in [0, 0.05) is 18.6 Å². The van der Waals surface area contributed by atoms with Gasteiger partial charge >= 0.3 is 5.97 Å². The van der Waals surface area contributed by atoms with E-state index in [0.717, 1.165) is 0 Å². The van der Waals surface area contributed by atoms with Crippen LogP contribution in [0, 0.1) is 10.1 Å². The largest absolute Gasteiger partial charge is 0.489 e. The number of hydrogen-bond acceptors (Lipinski definition) is 6.